The highest BCUT2D eigenvalue weighted by Gasteiger charge is 2.24. The molecule has 1 aliphatic heterocycles. The number of hydrogen-bond donors (Lipinski definition) is 1. The van der Waals surface area contributed by atoms with Gasteiger partial charge in [-0.1, -0.05) is 38.0 Å². The lowest BCUT2D eigenvalue weighted by molar-refractivity contribution is 0.0952. The summed E-state index contributed by atoms with van der Waals surface area (Å²) in [4.78, 5) is 27.0. The fraction of sp³-hybridized carbons (Fsp3) is 0.364. The van der Waals surface area contributed by atoms with Gasteiger partial charge in [-0.25, -0.2) is 0 Å². The Hall–Kier alpha value is -2.62. The number of anilines is 1. The SMILES string of the molecule is CCCCCNC(=O)c1ccc2c(c1)CCCN2C(=O)c1ccccc1. The number of hydrogen-bond acceptors (Lipinski definition) is 2. The molecule has 0 fully saturated rings. The first-order valence-electron chi connectivity index (χ1n) is 9.48. The van der Waals surface area contributed by atoms with Gasteiger partial charge in [0.05, 0.1) is 0 Å². The van der Waals surface area contributed by atoms with Crippen LogP contribution in [-0.2, 0) is 6.42 Å². The van der Waals surface area contributed by atoms with Crippen molar-refractivity contribution in [3.8, 4) is 0 Å². The van der Waals surface area contributed by atoms with E-state index in [1.54, 1.807) is 0 Å². The maximum absolute atomic E-state index is 12.8. The zero-order valence-electron chi connectivity index (χ0n) is 15.3. The molecule has 0 saturated heterocycles. The molecule has 2 aromatic rings. The summed E-state index contributed by atoms with van der Waals surface area (Å²) in [5, 5.41) is 2.98. The van der Waals surface area contributed by atoms with E-state index in [0.717, 1.165) is 43.4 Å². The van der Waals surface area contributed by atoms with Gasteiger partial charge in [-0.15, -0.1) is 0 Å². The van der Waals surface area contributed by atoms with Crippen LogP contribution in [0.25, 0.3) is 0 Å². The smallest absolute Gasteiger partial charge is 0.258 e. The normalized spacial score (nSPS) is 13.2. The fourth-order valence-electron chi connectivity index (χ4n) is 3.36. The van der Waals surface area contributed by atoms with E-state index < -0.39 is 0 Å². The Morgan fingerprint density at radius 3 is 2.62 bits per heavy atom. The number of rotatable bonds is 6. The number of unbranched alkanes of at least 4 members (excludes halogenated alkanes) is 2. The van der Waals surface area contributed by atoms with Crippen LogP contribution in [0, 0.1) is 0 Å². The van der Waals surface area contributed by atoms with Crippen molar-refractivity contribution in [2.75, 3.05) is 18.0 Å². The number of aryl methyl sites for hydroxylation is 1. The van der Waals surface area contributed by atoms with E-state index in [0.29, 0.717) is 24.2 Å². The summed E-state index contributed by atoms with van der Waals surface area (Å²) < 4.78 is 0. The molecule has 2 amide bonds. The average Bonchev–Trinajstić information content (AvgIpc) is 2.70. The van der Waals surface area contributed by atoms with Gasteiger partial charge in [-0.2, -0.15) is 0 Å². The third-order valence-electron chi connectivity index (χ3n) is 4.79. The lowest BCUT2D eigenvalue weighted by atomic mass is 9.98. The Morgan fingerprint density at radius 1 is 1.04 bits per heavy atom. The summed E-state index contributed by atoms with van der Waals surface area (Å²) in [6.45, 7) is 3.57. The van der Waals surface area contributed by atoms with Gasteiger partial charge in [0.1, 0.15) is 0 Å². The van der Waals surface area contributed by atoms with Crippen molar-refractivity contribution < 1.29 is 9.59 Å². The molecule has 1 heterocycles. The number of carbonyl (C=O) groups excluding carboxylic acids is 2. The summed E-state index contributed by atoms with van der Waals surface area (Å²) in [7, 11) is 0. The van der Waals surface area contributed by atoms with Crippen LogP contribution in [0.5, 0.6) is 0 Å². The highest BCUT2D eigenvalue weighted by molar-refractivity contribution is 6.07. The van der Waals surface area contributed by atoms with Crippen molar-refractivity contribution in [1.82, 2.24) is 5.32 Å². The second kappa shape index (κ2) is 8.65. The Bertz CT molecular complexity index is 771. The van der Waals surface area contributed by atoms with Crippen LogP contribution in [0.2, 0.25) is 0 Å². The summed E-state index contributed by atoms with van der Waals surface area (Å²) in [5.74, 6) is -0.0151. The minimum absolute atomic E-state index is 0.0170. The number of nitrogens with one attached hydrogen (secondary N) is 1. The third-order valence-corrected chi connectivity index (χ3v) is 4.79. The van der Waals surface area contributed by atoms with Crippen LogP contribution < -0.4 is 10.2 Å². The number of benzene rings is 2. The topological polar surface area (TPSA) is 49.4 Å². The van der Waals surface area contributed by atoms with Crippen LogP contribution in [0.3, 0.4) is 0 Å². The predicted molar refractivity (Wildman–Crippen MR) is 105 cm³/mol. The van der Waals surface area contributed by atoms with Crippen molar-refractivity contribution in [2.45, 2.75) is 39.0 Å². The summed E-state index contributed by atoms with van der Waals surface area (Å²) in [6.07, 6.45) is 5.07. The number of nitrogens with zero attached hydrogens (tertiary/aromatic N) is 1. The standard InChI is InChI=1S/C22H26N2O2/c1-2-3-7-14-23-21(25)19-12-13-20-18(16-19)11-8-15-24(20)22(26)17-9-5-4-6-10-17/h4-6,9-10,12-13,16H,2-3,7-8,11,14-15H2,1H3,(H,23,25). The van der Waals surface area contributed by atoms with Gasteiger partial charge in [-0.05, 0) is 55.2 Å². The molecule has 0 bridgehead atoms. The molecule has 0 spiro atoms. The molecule has 4 nitrogen and oxygen atoms in total. The molecule has 0 unspecified atom stereocenters. The molecule has 1 N–H and O–H groups in total. The minimum atomic E-state index is -0.0320. The van der Waals surface area contributed by atoms with Crippen LogP contribution >= 0.6 is 0 Å². The molecular weight excluding hydrogens is 324 g/mol. The van der Waals surface area contributed by atoms with E-state index in [9.17, 15) is 9.59 Å². The third kappa shape index (κ3) is 4.13. The molecule has 0 aliphatic carbocycles. The molecule has 4 heteroatoms. The van der Waals surface area contributed by atoms with Gasteiger partial charge in [0.15, 0.2) is 0 Å². The summed E-state index contributed by atoms with van der Waals surface area (Å²) >= 11 is 0. The van der Waals surface area contributed by atoms with Gasteiger partial charge >= 0.3 is 0 Å². The molecule has 0 atom stereocenters. The lowest BCUT2D eigenvalue weighted by Crippen LogP contribution is -2.35. The molecular formula is C22H26N2O2. The zero-order valence-corrected chi connectivity index (χ0v) is 15.3. The van der Waals surface area contributed by atoms with Gasteiger partial charge in [-0.3, -0.25) is 9.59 Å². The molecule has 0 aromatic heterocycles. The molecule has 3 rings (SSSR count). The van der Waals surface area contributed by atoms with Crippen LogP contribution in [0.1, 0.15) is 58.9 Å². The zero-order chi connectivity index (χ0) is 18.4. The van der Waals surface area contributed by atoms with E-state index >= 15 is 0 Å². The minimum Gasteiger partial charge on any atom is -0.352 e. The van der Waals surface area contributed by atoms with Gasteiger partial charge in [0.25, 0.3) is 11.8 Å². The van der Waals surface area contributed by atoms with Crippen molar-refractivity contribution in [2.24, 2.45) is 0 Å². The Morgan fingerprint density at radius 2 is 1.85 bits per heavy atom. The number of amides is 2. The first-order chi connectivity index (χ1) is 12.7. The molecule has 136 valence electrons. The van der Waals surface area contributed by atoms with Crippen molar-refractivity contribution >= 4 is 17.5 Å². The van der Waals surface area contributed by atoms with Crippen molar-refractivity contribution in [1.29, 1.82) is 0 Å². The van der Waals surface area contributed by atoms with E-state index in [-0.39, 0.29) is 11.8 Å². The molecule has 0 saturated carbocycles. The first kappa shape index (κ1) is 18.2. The maximum atomic E-state index is 12.8. The molecule has 26 heavy (non-hydrogen) atoms. The quantitative estimate of drug-likeness (QED) is 0.794. The molecule has 1 aliphatic rings. The van der Waals surface area contributed by atoms with Gasteiger partial charge in [0, 0.05) is 29.9 Å². The second-order valence-electron chi connectivity index (χ2n) is 6.73. The van der Waals surface area contributed by atoms with Gasteiger partial charge in [0.2, 0.25) is 0 Å². The average molecular weight is 350 g/mol. The van der Waals surface area contributed by atoms with Crippen LogP contribution in [0.4, 0.5) is 5.69 Å². The van der Waals surface area contributed by atoms with Crippen LogP contribution in [0.15, 0.2) is 48.5 Å². The van der Waals surface area contributed by atoms with E-state index in [1.165, 1.54) is 0 Å². The predicted octanol–water partition coefficient (Wildman–Crippen LogP) is 4.20. The van der Waals surface area contributed by atoms with E-state index in [4.69, 9.17) is 0 Å². The Labute approximate surface area is 155 Å². The first-order valence-corrected chi connectivity index (χ1v) is 9.48. The van der Waals surface area contributed by atoms with Gasteiger partial charge < -0.3 is 10.2 Å². The summed E-state index contributed by atoms with van der Waals surface area (Å²) in [6, 6.07) is 15.0. The van der Waals surface area contributed by atoms with Crippen molar-refractivity contribution in [3.05, 3.63) is 65.2 Å². The molecule has 2 aromatic carbocycles. The Balaban J connectivity index is 1.75. The highest BCUT2D eigenvalue weighted by Crippen LogP contribution is 2.29. The monoisotopic (exact) mass is 350 g/mol. The van der Waals surface area contributed by atoms with Crippen LogP contribution in [-0.4, -0.2) is 24.9 Å². The largest absolute Gasteiger partial charge is 0.352 e. The highest BCUT2D eigenvalue weighted by atomic mass is 16.2. The lowest BCUT2D eigenvalue weighted by Gasteiger charge is -2.30. The number of fused-ring (bicyclic) bond motifs is 1. The summed E-state index contributed by atoms with van der Waals surface area (Å²) in [5.41, 5.74) is 3.36. The number of carbonyl (C=O) groups is 2. The van der Waals surface area contributed by atoms with E-state index in [1.807, 2.05) is 53.4 Å². The van der Waals surface area contributed by atoms with Crippen molar-refractivity contribution in [3.63, 3.8) is 0 Å². The maximum Gasteiger partial charge on any atom is 0.258 e. The Kier molecular flexibility index (Phi) is 6.05. The fourth-order valence-corrected chi connectivity index (χ4v) is 3.36. The second-order valence-corrected chi connectivity index (χ2v) is 6.73. The molecule has 0 radical (unpaired) electrons. The van der Waals surface area contributed by atoms with E-state index in [2.05, 4.69) is 12.2 Å².